The van der Waals surface area contributed by atoms with Gasteiger partial charge < -0.3 is 5.32 Å². The fourth-order valence-corrected chi connectivity index (χ4v) is 2.27. The van der Waals surface area contributed by atoms with Crippen molar-refractivity contribution >= 4 is 6.08 Å². The lowest BCUT2D eigenvalue weighted by atomic mass is 10.0. The Labute approximate surface area is 104 Å². The van der Waals surface area contributed by atoms with Gasteiger partial charge in [-0.15, -0.1) is 0 Å². The van der Waals surface area contributed by atoms with Gasteiger partial charge in [0.15, 0.2) is 0 Å². The lowest BCUT2D eigenvalue weighted by Crippen LogP contribution is -2.05. The summed E-state index contributed by atoms with van der Waals surface area (Å²) in [6, 6.07) is 6.85. The van der Waals surface area contributed by atoms with Crippen molar-refractivity contribution < 1.29 is 0 Å². The first-order chi connectivity index (χ1) is 8.15. The van der Waals surface area contributed by atoms with Crippen LogP contribution in [0, 0.1) is 0 Å². The molecule has 0 saturated heterocycles. The van der Waals surface area contributed by atoms with Crippen molar-refractivity contribution in [2.45, 2.75) is 33.6 Å². The van der Waals surface area contributed by atoms with Crippen molar-refractivity contribution in [3.05, 3.63) is 51.7 Å². The highest BCUT2D eigenvalue weighted by molar-refractivity contribution is 5.69. The van der Waals surface area contributed by atoms with Gasteiger partial charge >= 0.3 is 0 Å². The number of hydrogen-bond acceptors (Lipinski definition) is 1. The van der Waals surface area contributed by atoms with Crippen molar-refractivity contribution in [2.75, 3.05) is 7.05 Å². The molecule has 0 fully saturated rings. The monoisotopic (exact) mass is 227 g/mol. The summed E-state index contributed by atoms with van der Waals surface area (Å²) in [6.45, 7) is 6.54. The van der Waals surface area contributed by atoms with Crippen LogP contribution in [-0.4, -0.2) is 7.05 Å². The molecule has 2 rings (SSSR count). The van der Waals surface area contributed by atoms with E-state index >= 15 is 0 Å². The Balaban J connectivity index is 2.34. The van der Waals surface area contributed by atoms with Gasteiger partial charge in [0.25, 0.3) is 0 Å². The molecule has 1 aromatic rings. The van der Waals surface area contributed by atoms with Gasteiger partial charge in [-0.2, -0.15) is 0 Å². The van der Waals surface area contributed by atoms with Gasteiger partial charge in [0.1, 0.15) is 0 Å². The van der Waals surface area contributed by atoms with Crippen LogP contribution in [0.5, 0.6) is 0 Å². The van der Waals surface area contributed by atoms with Crippen LogP contribution >= 0.6 is 0 Å². The molecule has 1 N–H and O–H groups in total. The second-order valence-electron chi connectivity index (χ2n) is 4.73. The molecule has 0 aliphatic heterocycles. The maximum atomic E-state index is 3.23. The number of aryl methyl sites for hydroxylation is 1. The van der Waals surface area contributed by atoms with Gasteiger partial charge in [0, 0.05) is 12.7 Å². The summed E-state index contributed by atoms with van der Waals surface area (Å²) in [5.74, 6) is 0. The maximum Gasteiger partial charge on any atom is 0.0105 e. The standard InChI is InChI=1S/C16H21N/c1-5-13-6-7-14-9-15(10-16(14)8-13)11(2)12(3)17-4/h6-8,10,17H,5,9H2,1-4H3/b12-11-. The highest BCUT2D eigenvalue weighted by Crippen LogP contribution is 2.30. The predicted octanol–water partition coefficient (Wildman–Crippen LogP) is 3.70. The van der Waals surface area contributed by atoms with Crippen LogP contribution < -0.4 is 5.32 Å². The van der Waals surface area contributed by atoms with Crippen LogP contribution in [0.3, 0.4) is 0 Å². The number of rotatable bonds is 3. The van der Waals surface area contributed by atoms with Crippen LogP contribution in [-0.2, 0) is 12.8 Å². The van der Waals surface area contributed by atoms with Gasteiger partial charge in [-0.3, -0.25) is 0 Å². The molecule has 0 heterocycles. The van der Waals surface area contributed by atoms with E-state index in [-0.39, 0.29) is 0 Å². The highest BCUT2D eigenvalue weighted by atomic mass is 14.8. The average Bonchev–Trinajstić information content (AvgIpc) is 2.79. The summed E-state index contributed by atoms with van der Waals surface area (Å²) >= 11 is 0. The molecule has 0 spiro atoms. The first-order valence-corrected chi connectivity index (χ1v) is 6.33. The number of fused-ring (bicyclic) bond motifs is 1. The van der Waals surface area contributed by atoms with Crippen LogP contribution in [0.4, 0.5) is 0 Å². The lowest BCUT2D eigenvalue weighted by Gasteiger charge is -2.08. The van der Waals surface area contributed by atoms with Crippen molar-refractivity contribution in [3.8, 4) is 0 Å². The fourth-order valence-electron chi connectivity index (χ4n) is 2.27. The molecule has 17 heavy (non-hydrogen) atoms. The molecule has 1 aliphatic rings. The van der Waals surface area contributed by atoms with Gasteiger partial charge in [0.05, 0.1) is 0 Å². The Morgan fingerprint density at radius 1 is 1.29 bits per heavy atom. The Morgan fingerprint density at radius 2 is 2.06 bits per heavy atom. The Morgan fingerprint density at radius 3 is 2.71 bits per heavy atom. The van der Waals surface area contributed by atoms with Crippen molar-refractivity contribution in [3.63, 3.8) is 0 Å². The number of benzene rings is 1. The molecule has 0 aromatic heterocycles. The minimum absolute atomic E-state index is 1.07. The van der Waals surface area contributed by atoms with E-state index in [1.165, 1.54) is 33.5 Å². The highest BCUT2D eigenvalue weighted by Gasteiger charge is 2.14. The Hall–Kier alpha value is -1.50. The van der Waals surface area contributed by atoms with E-state index in [4.69, 9.17) is 0 Å². The molecule has 0 unspecified atom stereocenters. The molecule has 90 valence electrons. The SMILES string of the molecule is CCc1ccc2c(c1)C=C(/C(C)=C(/C)NC)C2. The molecular weight excluding hydrogens is 206 g/mol. The summed E-state index contributed by atoms with van der Waals surface area (Å²) in [7, 11) is 1.98. The van der Waals surface area contributed by atoms with Crippen LogP contribution in [0.15, 0.2) is 35.0 Å². The van der Waals surface area contributed by atoms with Gasteiger partial charge in [-0.1, -0.05) is 31.2 Å². The molecule has 1 nitrogen and oxygen atoms in total. The second-order valence-corrected chi connectivity index (χ2v) is 4.73. The van der Waals surface area contributed by atoms with Gasteiger partial charge in [-0.25, -0.2) is 0 Å². The normalized spacial score (nSPS) is 15.2. The molecule has 0 amide bonds. The molecule has 0 bridgehead atoms. The minimum Gasteiger partial charge on any atom is -0.391 e. The molecule has 0 radical (unpaired) electrons. The third-order valence-corrected chi connectivity index (χ3v) is 3.75. The first kappa shape index (κ1) is 12.0. The zero-order chi connectivity index (χ0) is 12.4. The van der Waals surface area contributed by atoms with E-state index in [9.17, 15) is 0 Å². The topological polar surface area (TPSA) is 12.0 Å². The minimum atomic E-state index is 1.07. The quantitative estimate of drug-likeness (QED) is 0.830. The number of nitrogens with one attached hydrogen (secondary N) is 1. The molecule has 0 atom stereocenters. The van der Waals surface area contributed by atoms with E-state index < -0.39 is 0 Å². The van der Waals surface area contributed by atoms with E-state index in [0.29, 0.717) is 0 Å². The Bertz CT molecular complexity index is 492. The molecular formula is C16H21N. The number of hydrogen-bond donors (Lipinski definition) is 1. The van der Waals surface area contributed by atoms with Crippen LogP contribution in [0.25, 0.3) is 6.08 Å². The summed E-state index contributed by atoms with van der Waals surface area (Å²) in [5, 5.41) is 3.23. The van der Waals surface area contributed by atoms with Crippen molar-refractivity contribution in [1.29, 1.82) is 0 Å². The predicted molar refractivity (Wildman–Crippen MR) is 74.9 cm³/mol. The lowest BCUT2D eigenvalue weighted by molar-refractivity contribution is 0.955. The molecule has 1 heteroatoms. The first-order valence-electron chi connectivity index (χ1n) is 6.33. The second kappa shape index (κ2) is 4.79. The van der Waals surface area contributed by atoms with E-state index in [2.05, 4.69) is 50.4 Å². The fraction of sp³-hybridized carbons (Fsp3) is 0.375. The van der Waals surface area contributed by atoms with Crippen LogP contribution in [0.2, 0.25) is 0 Å². The molecule has 1 aliphatic carbocycles. The third kappa shape index (κ3) is 2.28. The van der Waals surface area contributed by atoms with Gasteiger partial charge in [0.2, 0.25) is 0 Å². The third-order valence-electron chi connectivity index (χ3n) is 3.75. The zero-order valence-electron chi connectivity index (χ0n) is 11.2. The maximum absolute atomic E-state index is 3.23. The van der Waals surface area contributed by atoms with E-state index in [1.54, 1.807) is 0 Å². The van der Waals surface area contributed by atoms with E-state index in [1.807, 2.05) is 7.05 Å². The molecule has 0 saturated carbocycles. The van der Waals surface area contributed by atoms with Crippen LogP contribution in [0.1, 0.15) is 37.5 Å². The smallest absolute Gasteiger partial charge is 0.0105 e. The van der Waals surface area contributed by atoms with Crippen molar-refractivity contribution in [1.82, 2.24) is 5.32 Å². The summed E-state index contributed by atoms with van der Waals surface area (Å²) in [4.78, 5) is 0. The van der Waals surface area contributed by atoms with Gasteiger partial charge in [-0.05, 0) is 54.5 Å². The van der Waals surface area contributed by atoms with E-state index in [0.717, 1.165) is 12.8 Å². The summed E-state index contributed by atoms with van der Waals surface area (Å²) in [6.07, 6.45) is 4.52. The number of allylic oxidation sites excluding steroid dienone is 3. The summed E-state index contributed by atoms with van der Waals surface area (Å²) in [5.41, 5.74) is 8.37. The Kier molecular flexibility index (Phi) is 3.37. The summed E-state index contributed by atoms with van der Waals surface area (Å²) < 4.78 is 0. The average molecular weight is 227 g/mol. The molecule has 1 aromatic carbocycles. The largest absolute Gasteiger partial charge is 0.391 e. The zero-order valence-corrected chi connectivity index (χ0v) is 11.2. The van der Waals surface area contributed by atoms with Crippen molar-refractivity contribution in [2.24, 2.45) is 0 Å².